The normalized spacial score (nSPS) is 15.9. The third kappa shape index (κ3) is 6.13. The van der Waals surface area contributed by atoms with E-state index in [0.717, 1.165) is 11.1 Å². The zero-order chi connectivity index (χ0) is 23.7. The summed E-state index contributed by atoms with van der Waals surface area (Å²) in [6.07, 6.45) is -0.477. The molecule has 172 valence electrons. The van der Waals surface area contributed by atoms with E-state index in [-0.39, 0.29) is 24.3 Å². The van der Waals surface area contributed by atoms with Crippen LogP contribution in [-0.2, 0) is 5.41 Å². The van der Waals surface area contributed by atoms with E-state index in [1.165, 1.54) is 0 Å². The van der Waals surface area contributed by atoms with Gasteiger partial charge in [0, 0.05) is 17.5 Å². The average Bonchev–Trinajstić information content (AvgIpc) is 2.66. The Hall–Kier alpha value is -0.880. The van der Waals surface area contributed by atoms with Crippen molar-refractivity contribution in [2.75, 3.05) is 0 Å². The zero-order valence-electron chi connectivity index (χ0n) is 18.6. The monoisotopic (exact) mass is 506 g/mol. The minimum Gasteiger partial charge on any atom is -0.486 e. The molecule has 0 aliphatic heterocycles. The SMILES string of the molecule is CC(N)C(C)Oc1c(Cl)cc(C(C)(C)c2cc(Cl)c(OC(C)C(C)N)c(Cl)c2)cc1Cl. The summed E-state index contributed by atoms with van der Waals surface area (Å²) >= 11 is 26.1. The van der Waals surface area contributed by atoms with Gasteiger partial charge in [-0.1, -0.05) is 60.3 Å². The van der Waals surface area contributed by atoms with Crippen molar-refractivity contribution in [3.05, 3.63) is 55.5 Å². The Morgan fingerprint density at radius 2 is 0.903 bits per heavy atom. The van der Waals surface area contributed by atoms with Crippen LogP contribution in [0.2, 0.25) is 20.1 Å². The Balaban J connectivity index is 2.43. The number of hydrogen-bond acceptors (Lipinski definition) is 4. The quantitative estimate of drug-likeness (QED) is 0.409. The highest BCUT2D eigenvalue weighted by Gasteiger charge is 2.28. The fraction of sp³-hybridized carbons (Fsp3) is 0.478. The number of ether oxygens (including phenoxy) is 2. The van der Waals surface area contributed by atoms with Crippen molar-refractivity contribution in [2.24, 2.45) is 11.5 Å². The van der Waals surface area contributed by atoms with Crippen molar-refractivity contribution in [2.45, 2.75) is 71.2 Å². The second-order valence-corrected chi connectivity index (χ2v) is 10.2. The summed E-state index contributed by atoms with van der Waals surface area (Å²) in [5.41, 5.74) is 13.0. The topological polar surface area (TPSA) is 70.5 Å². The lowest BCUT2D eigenvalue weighted by Gasteiger charge is -2.29. The number of hydrogen-bond donors (Lipinski definition) is 2. The molecule has 0 spiro atoms. The van der Waals surface area contributed by atoms with Crippen molar-refractivity contribution >= 4 is 46.4 Å². The molecule has 0 aliphatic rings. The van der Waals surface area contributed by atoms with Gasteiger partial charge in [-0.3, -0.25) is 0 Å². The molecule has 0 fully saturated rings. The van der Waals surface area contributed by atoms with Gasteiger partial charge in [0.2, 0.25) is 0 Å². The molecule has 0 bridgehead atoms. The largest absolute Gasteiger partial charge is 0.486 e. The maximum atomic E-state index is 6.52. The second kappa shape index (κ2) is 10.4. The van der Waals surface area contributed by atoms with Crippen LogP contribution in [0.4, 0.5) is 0 Å². The standard InChI is InChI=1S/C23H30Cl4N2O2/c1-11(28)13(3)30-21-17(24)7-15(8-18(21)25)23(5,6)16-9-19(26)22(20(27)10-16)31-14(4)12(2)29/h7-14H,28-29H2,1-6H3. The molecule has 0 heterocycles. The fourth-order valence-electron chi connectivity index (χ4n) is 2.82. The Kier molecular flexibility index (Phi) is 8.82. The molecule has 4 N–H and O–H groups in total. The van der Waals surface area contributed by atoms with Crippen LogP contribution in [0.5, 0.6) is 11.5 Å². The van der Waals surface area contributed by atoms with Crippen LogP contribution in [0.1, 0.15) is 52.7 Å². The molecule has 0 radical (unpaired) electrons. The molecule has 2 aromatic rings. The summed E-state index contributed by atoms with van der Waals surface area (Å²) in [6, 6.07) is 7.00. The summed E-state index contributed by atoms with van der Waals surface area (Å²) in [5, 5.41) is 1.63. The molecule has 0 aliphatic carbocycles. The van der Waals surface area contributed by atoms with E-state index in [1.54, 1.807) is 0 Å². The Morgan fingerprint density at radius 1 is 0.645 bits per heavy atom. The summed E-state index contributed by atoms with van der Waals surface area (Å²) in [7, 11) is 0. The van der Waals surface area contributed by atoms with Gasteiger partial charge in [-0.05, 0) is 63.1 Å². The van der Waals surface area contributed by atoms with Crippen LogP contribution >= 0.6 is 46.4 Å². The van der Waals surface area contributed by atoms with E-state index in [0.29, 0.717) is 31.6 Å². The summed E-state index contributed by atoms with van der Waals surface area (Å²) in [6.45, 7) is 11.5. The maximum absolute atomic E-state index is 6.52. The predicted molar refractivity (Wildman–Crippen MR) is 133 cm³/mol. The lowest BCUT2D eigenvalue weighted by molar-refractivity contribution is 0.197. The maximum Gasteiger partial charge on any atom is 0.156 e. The highest BCUT2D eigenvalue weighted by molar-refractivity contribution is 6.38. The van der Waals surface area contributed by atoms with Crippen LogP contribution < -0.4 is 20.9 Å². The molecule has 0 saturated carbocycles. The van der Waals surface area contributed by atoms with Crippen molar-refractivity contribution < 1.29 is 9.47 Å². The van der Waals surface area contributed by atoms with E-state index in [9.17, 15) is 0 Å². The molecule has 8 heteroatoms. The van der Waals surface area contributed by atoms with Gasteiger partial charge >= 0.3 is 0 Å². The highest BCUT2D eigenvalue weighted by Crippen LogP contribution is 2.44. The van der Waals surface area contributed by atoms with Crippen molar-refractivity contribution in [3.63, 3.8) is 0 Å². The fourth-order valence-corrected chi connectivity index (χ4v) is 3.97. The van der Waals surface area contributed by atoms with Gasteiger partial charge in [0.1, 0.15) is 12.2 Å². The number of rotatable bonds is 8. The van der Waals surface area contributed by atoms with Gasteiger partial charge in [0.25, 0.3) is 0 Å². The molecule has 31 heavy (non-hydrogen) atoms. The van der Waals surface area contributed by atoms with Gasteiger partial charge in [0.05, 0.1) is 20.1 Å². The van der Waals surface area contributed by atoms with E-state index in [1.807, 2.05) is 65.8 Å². The molecular weight excluding hydrogens is 478 g/mol. The lowest BCUT2D eigenvalue weighted by atomic mass is 9.78. The molecular formula is C23H30Cl4N2O2. The van der Waals surface area contributed by atoms with E-state index < -0.39 is 5.41 Å². The summed E-state index contributed by atoms with van der Waals surface area (Å²) in [5.74, 6) is 0.828. The Labute approximate surface area is 205 Å². The summed E-state index contributed by atoms with van der Waals surface area (Å²) in [4.78, 5) is 0. The number of benzene rings is 2. The zero-order valence-corrected chi connectivity index (χ0v) is 21.6. The molecule has 4 atom stereocenters. The lowest BCUT2D eigenvalue weighted by Crippen LogP contribution is -2.33. The smallest absolute Gasteiger partial charge is 0.156 e. The van der Waals surface area contributed by atoms with Gasteiger partial charge in [-0.15, -0.1) is 0 Å². The molecule has 0 amide bonds. The van der Waals surface area contributed by atoms with Crippen LogP contribution in [0.3, 0.4) is 0 Å². The predicted octanol–water partition coefficient (Wildman–Crippen LogP) is 6.86. The molecule has 2 aromatic carbocycles. The van der Waals surface area contributed by atoms with Gasteiger partial charge in [-0.2, -0.15) is 0 Å². The second-order valence-electron chi connectivity index (χ2n) is 8.53. The molecule has 4 unspecified atom stereocenters. The molecule has 0 saturated heterocycles. The Bertz CT molecular complexity index is 812. The van der Waals surface area contributed by atoms with Crippen LogP contribution in [-0.4, -0.2) is 24.3 Å². The van der Waals surface area contributed by atoms with E-state index in [2.05, 4.69) is 0 Å². The van der Waals surface area contributed by atoms with Crippen molar-refractivity contribution in [3.8, 4) is 11.5 Å². The van der Waals surface area contributed by atoms with Crippen LogP contribution in [0, 0.1) is 0 Å². The van der Waals surface area contributed by atoms with Crippen molar-refractivity contribution in [1.82, 2.24) is 0 Å². The first-order valence-electron chi connectivity index (χ1n) is 10.1. The average molecular weight is 508 g/mol. The minimum atomic E-state index is -0.503. The van der Waals surface area contributed by atoms with Gasteiger partial charge in [-0.25, -0.2) is 0 Å². The first-order chi connectivity index (χ1) is 14.2. The Morgan fingerprint density at radius 3 is 1.13 bits per heavy atom. The highest BCUT2D eigenvalue weighted by atomic mass is 35.5. The third-order valence-corrected chi connectivity index (χ3v) is 6.65. The van der Waals surface area contributed by atoms with Crippen LogP contribution in [0.25, 0.3) is 0 Å². The van der Waals surface area contributed by atoms with Gasteiger partial charge in [0.15, 0.2) is 11.5 Å². The molecule has 4 nitrogen and oxygen atoms in total. The van der Waals surface area contributed by atoms with E-state index >= 15 is 0 Å². The van der Waals surface area contributed by atoms with E-state index in [4.69, 9.17) is 67.3 Å². The minimum absolute atomic E-state index is 0.168. The molecule has 0 aromatic heterocycles. The number of halogens is 4. The van der Waals surface area contributed by atoms with Crippen LogP contribution in [0.15, 0.2) is 24.3 Å². The molecule has 2 rings (SSSR count). The first kappa shape index (κ1) is 26.4. The number of nitrogens with two attached hydrogens (primary N) is 2. The van der Waals surface area contributed by atoms with Crippen molar-refractivity contribution in [1.29, 1.82) is 0 Å². The first-order valence-corrected chi connectivity index (χ1v) is 11.6. The third-order valence-electron chi connectivity index (χ3n) is 5.53. The van der Waals surface area contributed by atoms with Gasteiger partial charge < -0.3 is 20.9 Å². The summed E-state index contributed by atoms with van der Waals surface area (Å²) < 4.78 is 11.7.